The minimum Gasteiger partial charge on any atom is -0.777 e. The molecule has 126 valence electrons. The molecule has 0 spiro atoms. The summed E-state index contributed by atoms with van der Waals surface area (Å²) in [6.45, 7) is -0.0659. The predicted octanol–water partition coefficient (Wildman–Crippen LogP) is -4.19. The Balaban J connectivity index is 0.00000208. The molecule has 1 unspecified atom stereocenters. The fourth-order valence-corrected chi connectivity index (χ4v) is 2.79. The van der Waals surface area contributed by atoms with Gasteiger partial charge in [-0.05, 0) is 0 Å². The van der Waals surface area contributed by atoms with E-state index in [0.29, 0.717) is 11.2 Å². The van der Waals surface area contributed by atoms with Gasteiger partial charge in [0.2, 0.25) is 0 Å². The van der Waals surface area contributed by atoms with Gasteiger partial charge in [0.05, 0.1) is 25.5 Å². The van der Waals surface area contributed by atoms with Gasteiger partial charge in [-0.25, -0.2) is 9.97 Å². The van der Waals surface area contributed by atoms with E-state index in [2.05, 4.69) is 19.5 Å². The Bertz CT molecular complexity index is 827. The molecule has 3 rings (SSSR count). The number of hydrogen-bond donors (Lipinski definition) is 3. The average molecular weight is 367 g/mol. The molecule has 0 aromatic carbocycles. The first-order chi connectivity index (χ1) is 10.9. The number of aromatic nitrogens is 4. The molecule has 0 radical (unpaired) electrons. The Morgan fingerprint density at radius 3 is 3.04 bits per heavy atom. The summed E-state index contributed by atoms with van der Waals surface area (Å²) < 4.78 is 28.0. The van der Waals surface area contributed by atoms with Gasteiger partial charge in [0, 0.05) is 7.11 Å². The SMILES string of the molecule is COP(=O)([O-])CO[C@]1(n2cnc3nc[nH]c3c2=N)C[C@H](O)CO1.[Na+]. The summed E-state index contributed by atoms with van der Waals surface area (Å²) in [6.07, 6.45) is 0.937. The van der Waals surface area contributed by atoms with E-state index in [1.165, 1.54) is 17.2 Å². The first-order valence-corrected chi connectivity index (χ1v) is 8.37. The quantitative estimate of drug-likeness (QED) is 0.354. The molecule has 0 aliphatic carbocycles. The summed E-state index contributed by atoms with van der Waals surface area (Å²) in [5.74, 6) is -1.67. The number of aliphatic hydroxyl groups is 1. The van der Waals surface area contributed by atoms with Crippen molar-refractivity contribution in [3.63, 3.8) is 0 Å². The van der Waals surface area contributed by atoms with Crippen LogP contribution in [0.4, 0.5) is 0 Å². The Morgan fingerprint density at radius 1 is 1.67 bits per heavy atom. The number of H-pyrrole nitrogens is 1. The van der Waals surface area contributed by atoms with Gasteiger partial charge in [0.1, 0.15) is 18.2 Å². The maximum Gasteiger partial charge on any atom is 1.00 e. The van der Waals surface area contributed by atoms with Gasteiger partial charge >= 0.3 is 29.6 Å². The maximum atomic E-state index is 11.5. The molecule has 0 saturated carbocycles. The molecule has 13 heteroatoms. The Labute approximate surface area is 158 Å². The number of nitrogens with one attached hydrogen (secondary N) is 2. The first kappa shape index (κ1) is 19.7. The molecular weight excluding hydrogens is 352 g/mol. The molecule has 3 atom stereocenters. The molecule has 1 fully saturated rings. The number of ether oxygens (including phenoxy) is 2. The summed E-state index contributed by atoms with van der Waals surface area (Å²) in [5.41, 5.74) is 0.587. The van der Waals surface area contributed by atoms with Gasteiger partial charge in [0.25, 0.3) is 5.91 Å². The number of nitrogens with zero attached hydrogens (tertiary/aromatic N) is 3. The van der Waals surface area contributed by atoms with Gasteiger partial charge in [-0.15, -0.1) is 0 Å². The zero-order chi connectivity index (χ0) is 16.7. The van der Waals surface area contributed by atoms with Crippen LogP contribution in [0.1, 0.15) is 6.42 Å². The van der Waals surface area contributed by atoms with E-state index in [1.807, 2.05) is 0 Å². The predicted molar refractivity (Wildman–Crippen MR) is 72.9 cm³/mol. The second-order valence-electron chi connectivity index (χ2n) is 5.01. The van der Waals surface area contributed by atoms with Gasteiger partial charge in [-0.1, -0.05) is 0 Å². The largest absolute Gasteiger partial charge is 1.00 e. The van der Waals surface area contributed by atoms with Crippen molar-refractivity contribution < 1.29 is 58.1 Å². The second-order valence-corrected chi connectivity index (χ2v) is 6.86. The minimum atomic E-state index is -4.21. The van der Waals surface area contributed by atoms with Crippen LogP contribution in [-0.4, -0.2) is 50.8 Å². The molecule has 2 aromatic rings. The van der Waals surface area contributed by atoms with Crippen molar-refractivity contribution in [2.24, 2.45) is 0 Å². The molecule has 11 nitrogen and oxygen atoms in total. The van der Waals surface area contributed by atoms with E-state index in [1.54, 1.807) is 0 Å². The third kappa shape index (κ3) is 3.64. The molecule has 3 N–H and O–H groups in total. The van der Waals surface area contributed by atoms with Crippen LogP contribution in [0.3, 0.4) is 0 Å². The van der Waals surface area contributed by atoms with Crippen molar-refractivity contribution in [3.8, 4) is 0 Å². The van der Waals surface area contributed by atoms with Crippen LogP contribution in [-0.2, 0) is 24.5 Å². The van der Waals surface area contributed by atoms with Crippen LogP contribution >= 0.6 is 7.60 Å². The van der Waals surface area contributed by atoms with Crippen LogP contribution in [0.15, 0.2) is 12.7 Å². The number of imidazole rings is 1. The molecule has 2 aromatic heterocycles. The van der Waals surface area contributed by atoms with E-state index in [-0.39, 0.29) is 48.1 Å². The normalized spacial score (nSPS) is 26.2. The third-order valence-electron chi connectivity index (χ3n) is 3.48. The van der Waals surface area contributed by atoms with Gasteiger partial charge in [-0.3, -0.25) is 9.98 Å². The van der Waals surface area contributed by atoms with E-state index >= 15 is 0 Å². The van der Waals surface area contributed by atoms with Crippen LogP contribution in [0.5, 0.6) is 0 Å². The Hall–Kier alpha value is -0.620. The van der Waals surface area contributed by atoms with Crippen molar-refractivity contribution in [1.29, 1.82) is 5.41 Å². The zero-order valence-electron chi connectivity index (χ0n) is 13.1. The fourth-order valence-electron chi connectivity index (χ4n) is 2.32. The third-order valence-corrected chi connectivity index (χ3v) is 4.48. The summed E-state index contributed by atoms with van der Waals surface area (Å²) in [4.78, 5) is 22.3. The van der Waals surface area contributed by atoms with Gasteiger partial charge in [-0.2, -0.15) is 0 Å². The Morgan fingerprint density at radius 2 is 2.42 bits per heavy atom. The standard InChI is InChI=1S/C11H16N5O6P.Na/c1-20-23(18,19)6-22-11(2-7(17)3-21-11)16-5-15-10-8(9(16)12)13-4-14-10;/h4-5,7,12,17H,2-3,6H2,1H3,(H,13,14)(H,18,19);/q;+1/p-1/t7-,11-;/m0./s1. The van der Waals surface area contributed by atoms with Crippen molar-refractivity contribution in [1.82, 2.24) is 19.5 Å². The summed E-state index contributed by atoms with van der Waals surface area (Å²) in [6, 6.07) is 0. The van der Waals surface area contributed by atoms with Crippen LogP contribution in [0.25, 0.3) is 11.2 Å². The molecule has 0 amide bonds. The molecule has 1 saturated heterocycles. The first-order valence-electron chi connectivity index (χ1n) is 6.64. The smallest absolute Gasteiger partial charge is 0.777 e. The maximum absolute atomic E-state index is 11.5. The molecule has 1 aliphatic heterocycles. The summed E-state index contributed by atoms with van der Waals surface area (Å²) >= 11 is 0. The van der Waals surface area contributed by atoms with Crippen LogP contribution in [0.2, 0.25) is 0 Å². The van der Waals surface area contributed by atoms with Gasteiger partial charge in [0.15, 0.2) is 18.7 Å². The van der Waals surface area contributed by atoms with E-state index in [4.69, 9.17) is 14.9 Å². The van der Waals surface area contributed by atoms with E-state index < -0.39 is 26.0 Å². The summed E-state index contributed by atoms with van der Waals surface area (Å²) in [7, 11) is -3.19. The van der Waals surface area contributed by atoms with Crippen molar-refractivity contribution in [2.45, 2.75) is 18.4 Å². The van der Waals surface area contributed by atoms with E-state index in [9.17, 15) is 14.6 Å². The molecule has 1 aliphatic rings. The van der Waals surface area contributed by atoms with Crippen molar-refractivity contribution in [3.05, 3.63) is 18.1 Å². The fraction of sp³-hybridized carbons (Fsp3) is 0.545. The molecular formula is C11H15N5NaO6P. The topological polar surface area (TPSA) is 158 Å². The second kappa shape index (κ2) is 7.32. The number of aromatic amines is 1. The molecule has 0 bridgehead atoms. The van der Waals surface area contributed by atoms with Crippen LogP contribution < -0.4 is 39.9 Å². The van der Waals surface area contributed by atoms with Gasteiger partial charge < -0.3 is 33.5 Å². The number of fused-ring (bicyclic) bond motifs is 1. The zero-order valence-corrected chi connectivity index (χ0v) is 16.0. The van der Waals surface area contributed by atoms with Crippen molar-refractivity contribution in [2.75, 3.05) is 20.1 Å². The summed E-state index contributed by atoms with van der Waals surface area (Å²) in [5, 5.41) is 18.0. The monoisotopic (exact) mass is 367 g/mol. The Kier molecular flexibility index (Phi) is 6.01. The molecule has 3 heterocycles. The molecule has 24 heavy (non-hydrogen) atoms. The minimum absolute atomic E-state index is 0. The van der Waals surface area contributed by atoms with Crippen LogP contribution in [0, 0.1) is 5.41 Å². The average Bonchev–Trinajstić information content (AvgIpc) is 3.14. The van der Waals surface area contributed by atoms with Crippen molar-refractivity contribution >= 4 is 18.8 Å². The number of rotatable bonds is 5. The number of hydrogen-bond acceptors (Lipinski definition) is 9. The van der Waals surface area contributed by atoms with E-state index in [0.717, 1.165) is 7.11 Å². The number of aliphatic hydroxyl groups excluding tert-OH is 1.